The average molecular weight is 329 g/mol. The molecule has 0 atom stereocenters. The maximum absolute atomic E-state index is 12.0. The van der Waals surface area contributed by atoms with Crippen molar-refractivity contribution in [2.75, 3.05) is 12.4 Å². The van der Waals surface area contributed by atoms with Crippen molar-refractivity contribution in [3.8, 4) is 11.8 Å². The Kier molecular flexibility index (Phi) is 6.02. The molecule has 0 heterocycles. The van der Waals surface area contributed by atoms with Gasteiger partial charge in [0.2, 0.25) is 5.91 Å². The first-order valence-electron chi connectivity index (χ1n) is 7.25. The van der Waals surface area contributed by atoms with Gasteiger partial charge in [0.05, 0.1) is 24.4 Å². The number of ether oxygens (including phenoxy) is 1. The van der Waals surface area contributed by atoms with Crippen molar-refractivity contribution in [3.05, 3.63) is 58.6 Å². The Hall–Kier alpha value is -2.51. The number of halogens is 1. The molecular weight excluding hydrogens is 312 g/mol. The molecule has 1 N–H and O–H groups in total. The molecule has 0 aliphatic rings. The molecule has 2 rings (SSSR count). The molecular formula is C18H17ClN2O2. The normalized spacial score (nSPS) is 9.96. The van der Waals surface area contributed by atoms with Crippen molar-refractivity contribution in [2.45, 2.75) is 19.3 Å². The fraction of sp³-hybridized carbons (Fsp3) is 0.222. The molecule has 0 aromatic heterocycles. The fourth-order valence-corrected chi connectivity index (χ4v) is 2.36. The number of amides is 1. The molecule has 2 aromatic rings. The van der Waals surface area contributed by atoms with Crippen molar-refractivity contribution in [1.29, 1.82) is 5.26 Å². The van der Waals surface area contributed by atoms with Crippen LogP contribution in [-0.2, 0) is 11.2 Å². The molecule has 23 heavy (non-hydrogen) atoms. The van der Waals surface area contributed by atoms with Crippen molar-refractivity contribution in [3.63, 3.8) is 0 Å². The lowest BCUT2D eigenvalue weighted by Gasteiger charge is -2.10. The van der Waals surface area contributed by atoms with Crippen LogP contribution in [0.2, 0.25) is 5.02 Å². The van der Waals surface area contributed by atoms with Gasteiger partial charge in [0.1, 0.15) is 5.75 Å². The molecule has 0 aliphatic carbocycles. The van der Waals surface area contributed by atoms with Crippen LogP contribution in [0.4, 0.5) is 5.69 Å². The van der Waals surface area contributed by atoms with Crippen LogP contribution in [0.1, 0.15) is 24.0 Å². The van der Waals surface area contributed by atoms with E-state index >= 15 is 0 Å². The number of nitrogens with one attached hydrogen (secondary N) is 1. The zero-order valence-corrected chi connectivity index (χ0v) is 13.6. The van der Waals surface area contributed by atoms with Gasteiger partial charge in [-0.25, -0.2) is 0 Å². The third-order valence-corrected chi connectivity index (χ3v) is 3.62. The van der Waals surface area contributed by atoms with Crippen molar-refractivity contribution >= 4 is 23.2 Å². The van der Waals surface area contributed by atoms with Crippen molar-refractivity contribution < 1.29 is 9.53 Å². The molecule has 0 unspecified atom stereocenters. The van der Waals surface area contributed by atoms with E-state index in [0.717, 1.165) is 18.4 Å². The van der Waals surface area contributed by atoms with E-state index in [1.54, 1.807) is 37.4 Å². The summed E-state index contributed by atoms with van der Waals surface area (Å²) in [6.07, 6.45) is 1.90. The molecule has 1 amide bonds. The van der Waals surface area contributed by atoms with E-state index in [9.17, 15) is 4.79 Å². The molecule has 0 saturated heterocycles. The lowest BCUT2D eigenvalue weighted by Crippen LogP contribution is -2.12. The average Bonchev–Trinajstić information content (AvgIpc) is 2.56. The number of benzene rings is 2. The Balaban J connectivity index is 1.85. The van der Waals surface area contributed by atoms with Gasteiger partial charge < -0.3 is 10.1 Å². The summed E-state index contributed by atoms with van der Waals surface area (Å²) in [5.41, 5.74) is 2.32. The zero-order valence-electron chi connectivity index (χ0n) is 12.8. The summed E-state index contributed by atoms with van der Waals surface area (Å²) in [7, 11) is 1.55. The monoisotopic (exact) mass is 328 g/mol. The summed E-state index contributed by atoms with van der Waals surface area (Å²) >= 11 is 5.94. The van der Waals surface area contributed by atoms with Crippen LogP contribution in [0.15, 0.2) is 42.5 Å². The van der Waals surface area contributed by atoms with E-state index in [-0.39, 0.29) is 5.91 Å². The molecule has 5 heteroatoms. The maximum Gasteiger partial charge on any atom is 0.224 e. The third kappa shape index (κ3) is 5.01. The van der Waals surface area contributed by atoms with Crippen LogP contribution in [0.25, 0.3) is 0 Å². The number of carbonyl (C=O) groups excluding carboxylic acids is 1. The Morgan fingerprint density at radius 1 is 1.26 bits per heavy atom. The smallest absolute Gasteiger partial charge is 0.224 e. The number of hydrogen-bond acceptors (Lipinski definition) is 3. The van der Waals surface area contributed by atoms with Gasteiger partial charge in [-0.3, -0.25) is 4.79 Å². The Morgan fingerprint density at radius 2 is 2.00 bits per heavy atom. The van der Waals surface area contributed by atoms with Crippen LogP contribution in [0.5, 0.6) is 5.75 Å². The zero-order chi connectivity index (χ0) is 16.7. The van der Waals surface area contributed by atoms with Gasteiger partial charge in [0.25, 0.3) is 0 Å². The van der Waals surface area contributed by atoms with Gasteiger partial charge >= 0.3 is 0 Å². The number of nitrogens with zero attached hydrogens (tertiary/aromatic N) is 1. The number of methoxy groups -OCH3 is 1. The molecule has 0 spiro atoms. The molecule has 0 bridgehead atoms. The highest BCUT2D eigenvalue weighted by atomic mass is 35.5. The highest BCUT2D eigenvalue weighted by Crippen LogP contribution is 2.27. The van der Waals surface area contributed by atoms with E-state index < -0.39 is 0 Å². The number of hydrogen-bond donors (Lipinski definition) is 1. The molecule has 0 fully saturated rings. The minimum Gasteiger partial charge on any atom is -0.495 e. The van der Waals surface area contributed by atoms with Gasteiger partial charge in [0, 0.05) is 11.4 Å². The summed E-state index contributed by atoms with van der Waals surface area (Å²) in [5.74, 6) is 0.494. The largest absolute Gasteiger partial charge is 0.495 e. The SMILES string of the molecule is COc1ccc(Cl)cc1NC(=O)CCCc1ccc(C#N)cc1. The Bertz CT molecular complexity index is 721. The van der Waals surface area contributed by atoms with Crippen molar-refractivity contribution in [2.24, 2.45) is 0 Å². The lowest BCUT2D eigenvalue weighted by molar-refractivity contribution is -0.116. The summed E-state index contributed by atoms with van der Waals surface area (Å²) in [6.45, 7) is 0. The molecule has 2 aromatic carbocycles. The van der Waals surface area contributed by atoms with E-state index in [4.69, 9.17) is 21.6 Å². The third-order valence-electron chi connectivity index (χ3n) is 3.39. The van der Waals surface area contributed by atoms with Crippen LogP contribution >= 0.6 is 11.6 Å². The number of carbonyl (C=O) groups is 1. The highest BCUT2D eigenvalue weighted by molar-refractivity contribution is 6.31. The number of rotatable bonds is 6. The second-order valence-corrected chi connectivity index (χ2v) is 5.49. The van der Waals surface area contributed by atoms with Crippen LogP contribution in [-0.4, -0.2) is 13.0 Å². The predicted octanol–water partition coefficient (Wildman–Crippen LogP) is 4.18. The van der Waals surface area contributed by atoms with Gasteiger partial charge in [0.15, 0.2) is 0 Å². The van der Waals surface area contributed by atoms with Crippen LogP contribution in [0, 0.1) is 11.3 Å². The molecule has 0 aliphatic heterocycles. The molecule has 0 saturated carbocycles. The quantitative estimate of drug-likeness (QED) is 0.865. The summed E-state index contributed by atoms with van der Waals surface area (Å²) < 4.78 is 5.20. The first kappa shape index (κ1) is 16.9. The first-order chi connectivity index (χ1) is 11.1. The highest BCUT2D eigenvalue weighted by Gasteiger charge is 2.08. The summed E-state index contributed by atoms with van der Waals surface area (Å²) in [4.78, 5) is 12.0. The Labute approximate surface area is 140 Å². The molecule has 0 radical (unpaired) electrons. The van der Waals surface area contributed by atoms with E-state index in [1.165, 1.54) is 0 Å². The maximum atomic E-state index is 12.0. The van der Waals surface area contributed by atoms with Gasteiger partial charge in [-0.15, -0.1) is 0 Å². The number of anilines is 1. The number of aryl methyl sites for hydroxylation is 1. The van der Waals surface area contributed by atoms with Gasteiger partial charge in [-0.05, 0) is 48.7 Å². The molecule has 4 nitrogen and oxygen atoms in total. The standard InChI is InChI=1S/C18H17ClN2O2/c1-23-17-10-9-15(19)11-16(17)21-18(22)4-2-3-13-5-7-14(12-20)8-6-13/h5-11H,2-4H2,1H3,(H,21,22). The van der Waals surface area contributed by atoms with E-state index in [0.29, 0.717) is 28.4 Å². The van der Waals surface area contributed by atoms with Crippen molar-refractivity contribution in [1.82, 2.24) is 0 Å². The molecule has 118 valence electrons. The lowest BCUT2D eigenvalue weighted by atomic mass is 10.1. The topological polar surface area (TPSA) is 62.1 Å². The summed E-state index contributed by atoms with van der Waals surface area (Å²) in [5, 5.41) is 12.1. The first-order valence-corrected chi connectivity index (χ1v) is 7.62. The Morgan fingerprint density at radius 3 is 2.65 bits per heavy atom. The minimum absolute atomic E-state index is 0.0841. The van der Waals surface area contributed by atoms with E-state index in [2.05, 4.69) is 11.4 Å². The van der Waals surface area contributed by atoms with Gasteiger partial charge in [-0.2, -0.15) is 5.26 Å². The minimum atomic E-state index is -0.0841. The predicted molar refractivity (Wildman–Crippen MR) is 90.7 cm³/mol. The van der Waals surface area contributed by atoms with Gasteiger partial charge in [-0.1, -0.05) is 23.7 Å². The van der Waals surface area contributed by atoms with E-state index in [1.807, 2.05) is 12.1 Å². The van der Waals surface area contributed by atoms with Crippen LogP contribution < -0.4 is 10.1 Å². The summed E-state index contributed by atoms with van der Waals surface area (Å²) in [6, 6.07) is 14.6. The second-order valence-electron chi connectivity index (χ2n) is 5.06. The second kappa shape index (κ2) is 8.21. The fourth-order valence-electron chi connectivity index (χ4n) is 2.19. The van der Waals surface area contributed by atoms with Crippen LogP contribution in [0.3, 0.4) is 0 Å². The number of nitriles is 1.